The quantitative estimate of drug-likeness (QED) is 0.807. The minimum Gasteiger partial charge on any atom is -0.380 e. The van der Waals surface area contributed by atoms with Gasteiger partial charge in [-0.05, 0) is 43.5 Å². The number of aromatic nitrogens is 1. The molecule has 0 saturated carbocycles. The Morgan fingerprint density at radius 2 is 2.08 bits per heavy atom. The normalized spacial score (nSPS) is 18.8. The molecule has 1 aromatic carbocycles. The van der Waals surface area contributed by atoms with Crippen molar-refractivity contribution in [3.05, 3.63) is 48.8 Å². The van der Waals surface area contributed by atoms with Gasteiger partial charge < -0.3 is 4.74 Å². The molecule has 6 heteroatoms. The van der Waals surface area contributed by atoms with Crippen LogP contribution < -0.4 is 0 Å². The van der Waals surface area contributed by atoms with E-state index >= 15 is 0 Å². The van der Waals surface area contributed by atoms with E-state index in [-0.39, 0.29) is 6.04 Å². The fourth-order valence-corrected chi connectivity index (χ4v) is 4.78. The fourth-order valence-electron chi connectivity index (χ4n) is 3.05. The first-order valence-electron chi connectivity index (χ1n) is 8.23. The van der Waals surface area contributed by atoms with Gasteiger partial charge in [0.2, 0.25) is 10.0 Å². The van der Waals surface area contributed by atoms with E-state index in [0.717, 1.165) is 24.0 Å². The van der Waals surface area contributed by atoms with Crippen molar-refractivity contribution >= 4 is 10.0 Å². The Hall–Kier alpha value is -1.76. The number of nitrogens with zero attached hydrogens (tertiary/aromatic N) is 2. The van der Waals surface area contributed by atoms with Gasteiger partial charge in [0.1, 0.15) is 0 Å². The number of ether oxygens (including phenoxy) is 1. The van der Waals surface area contributed by atoms with Gasteiger partial charge in [-0.1, -0.05) is 18.2 Å². The highest BCUT2D eigenvalue weighted by atomic mass is 32.2. The zero-order valence-electron chi connectivity index (χ0n) is 13.8. The molecule has 1 unspecified atom stereocenters. The van der Waals surface area contributed by atoms with Crippen molar-refractivity contribution in [3.8, 4) is 11.1 Å². The molecule has 1 aromatic heterocycles. The monoisotopic (exact) mass is 346 g/mol. The van der Waals surface area contributed by atoms with Gasteiger partial charge >= 0.3 is 0 Å². The molecule has 0 spiro atoms. The van der Waals surface area contributed by atoms with Crippen molar-refractivity contribution in [3.63, 3.8) is 0 Å². The Bertz CT molecular complexity index is 778. The summed E-state index contributed by atoms with van der Waals surface area (Å²) in [4.78, 5) is 4.43. The predicted octanol–water partition coefficient (Wildman–Crippen LogP) is 2.94. The highest BCUT2D eigenvalue weighted by Gasteiger charge is 2.35. The summed E-state index contributed by atoms with van der Waals surface area (Å²) in [6.07, 6.45) is 5.16. The van der Waals surface area contributed by atoms with Gasteiger partial charge in [0.15, 0.2) is 0 Å². The second kappa shape index (κ2) is 7.42. The maximum absolute atomic E-state index is 13.0. The molecule has 1 saturated heterocycles. The summed E-state index contributed by atoms with van der Waals surface area (Å²) >= 11 is 0. The molecule has 0 radical (unpaired) electrons. The summed E-state index contributed by atoms with van der Waals surface area (Å²) < 4.78 is 33.1. The summed E-state index contributed by atoms with van der Waals surface area (Å²) in [7, 11) is -3.52. The highest BCUT2D eigenvalue weighted by Crippen LogP contribution is 2.28. The van der Waals surface area contributed by atoms with Gasteiger partial charge in [-0.15, -0.1) is 0 Å². The van der Waals surface area contributed by atoms with Gasteiger partial charge in [0.25, 0.3) is 0 Å². The number of sulfonamides is 1. The van der Waals surface area contributed by atoms with Gasteiger partial charge in [-0.3, -0.25) is 4.98 Å². The van der Waals surface area contributed by atoms with E-state index in [9.17, 15) is 8.42 Å². The lowest BCUT2D eigenvalue weighted by Crippen LogP contribution is -2.38. The SMILES string of the molecule is CCOCC1CCCN1S(=O)(=O)c1cccc(-c2cccnc2)c1. The molecule has 0 aliphatic carbocycles. The van der Waals surface area contributed by atoms with Gasteiger partial charge in [-0.25, -0.2) is 8.42 Å². The van der Waals surface area contributed by atoms with Crippen LogP contribution in [0.15, 0.2) is 53.7 Å². The van der Waals surface area contributed by atoms with Gasteiger partial charge in [-0.2, -0.15) is 4.31 Å². The first kappa shape index (κ1) is 17.1. The van der Waals surface area contributed by atoms with E-state index < -0.39 is 10.0 Å². The molecule has 2 aromatic rings. The zero-order valence-corrected chi connectivity index (χ0v) is 14.6. The van der Waals surface area contributed by atoms with Crippen LogP contribution in [0.5, 0.6) is 0 Å². The number of hydrogen-bond acceptors (Lipinski definition) is 4. The van der Waals surface area contributed by atoms with Crippen LogP contribution in [0.1, 0.15) is 19.8 Å². The van der Waals surface area contributed by atoms with E-state index in [0.29, 0.717) is 24.7 Å². The molecule has 1 fully saturated rings. The molecule has 1 aliphatic heterocycles. The average molecular weight is 346 g/mol. The standard InChI is InChI=1S/C18H22N2O3S/c1-2-23-14-17-8-5-11-20(17)24(21,22)18-9-3-6-15(12-18)16-7-4-10-19-13-16/h3-4,6-7,9-10,12-13,17H,2,5,8,11,14H2,1H3. The molecular formula is C18H22N2O3S. The van der Waals surface area contributed by atoms with E-state index in [4.69, 9.17) is 4.74 Å². The molecular weight excluding hydrogens is 324 g/mol. The Morgan fingerprint density at radius 3 is 2.83 bits per heavy atom. The van der Waals surface area contributed by atoms with Gasteiger partial charge in [0, 0.05) is 37.2 Å². The van der Waals surface area contributed by atoms with Crippen molar-refractivity contribution in [2.75, 3.05) is 19.8 Å². The lowest BCUT2D eigenvalue weighted by Gasteiger charge is -2.24. The van der Waals surface area contributed by atoms with Crippen molar-refractivity contribution in [1.29, 1.82) is 0 Å². The number of rotatable bonds is 6. The van der Waals surface area contributed by atoms with Crippen LogP contribution in [-0.2, 0) is 14.8 Å². The third-order valence-electron chi connectivity index (χ3n) is 4.27. The summed E-state index contributed by atoms with van der Waals surface area (Å²) in [5.74, 6) is 0. The average Bonchev–Trinajstić information content (AvgIpc) is 3.10. The molecule has 0 bridgehead atoms. The largest absolute Gasteiger partial charge is 0.380 e. The second-order valence-corrected chi connectivity index (χ2v) is 7.73. The maximum atomic E-state index is 13.0. The van der Waals surface area contributed by atoms with Crippen LogP contribution in [0.25, 0.3) is 11.1 Å². The molecule has 1 atom stereocenters. The van der Waals surface area contributed by atoms with Crippen LogP contribution in [0, 0.1) is 0 Å². The van der Waals surface area contributed by atoms with Gasteiger partial charge in [0.05, 0.1) is 11.5 Å². The number of hydrogen-bond donors (Lipinski definition) is 0. The lowest BCUT2D eigenvalue weighted by atomic mass is 10.1. The van der Waals surface area contributed by atoms with E-state index in [1.807, 2.05) is 25.1 Å². The van der Waals surface area contributed by atoms with Crippen molar-refractivity contribution in [2.45, 2.75) is 30.7 Å². The maximum Gasteiger partial charge on any atom is 0.243 e. The number of benzene rings is 1. The van der Waals surface area contributed by atoms with Crippen LogP contribution in [-0.4, -0.2) is 43.5 Å². The fraction of sp³-hybridized carbons (Fsp3) is 0.389. The van der Waals surface area contributed by atoms with E-state index in [2.05, 4.69) is 4.98 Å². The van der Waals surface area contributed by atoms with E-state index in [1.54, 1.807) is 34.9 Å². The minimum absolute atomic E-state index is 0.0722. The van der Waals surface area contributed by atoms with Crippen LogP contribution >= 0.6 is 0 Å². The molecule has 24 heavy (non-hydrogen) atoms. The van der Waals surface area contributed by atoms with Crippen LogP contribution in [0.3, 0.4) is 0 Å². The highest BCUT2D eigenvalue weighted by molar-refractivity contribution is 7.89. The summed E-state index contributed by atoms with van der Waals surface area (Å²) in [6, 6.07) is 10.8. The van der Waals surface area contributed by atoms with Crippen molar-refractivity contribution < 1.29 is 13.2 Å². The predicted molar refractivity (Wildman–Crippen MR) is 93.1 cm³/mol. The molecule has 1 aliphatic rings. The third-order valence-corrected chi connectivity index (χ3v) is 6.22. The topological polar surface area (TPSA) is 59.5 Å². The van der Waals surface area contributed by atoms with Crippen LogP contribution in [0.4, 0.5) is 0 Å². The van der Waals surface area contributed by atoms with E-state index in [1.165, 1.54) is 0 Å². The minimum atomic E-state index is -3.52. The Balaban J connectivity index is 1.90. The zero-order chi connectivity index (χ0) is 17.0. The first-order chi connectivity index (χ1) is 11.6. The first-order valence-corrected chi connectivity index (χ1v) is 9.67. The molecule has 3 rings (SSSR count). The molecule has 0 amide bonds. The molecule has 5 nitrogen and oxygen atoms in total. The summed E-state index contributed by atoms with van der Waals surface area (Å²) in [6.45, 7) is 3.53. The lowest BCUT2D eigenvalue weighted by molar-refractivity contribution is 0.109. The van der Waals surface area contributed by atoms with Crippen molar-refractivity contribution in [2.24, 2.45) is 0 Å². The Labute approximate surface area is 143 Å². The van der Waals surface area contributed by atoms with Crippen molar-refractivity contribution in [1.82, 2.24) is 9.29 Å². The Morgan fingerprint density at radius 1 is 1.25 bits per heavy atom. The third kappa shape index (κ3) is 3.50. The number of pyridine rings is 1. The van der Waals surface area contributed by atoms with Crippen LogP contribution in [0.2, 0.25) is 0 Å². The Kier molecular flexibility index (Phi) is 5.28. The molecule has 128 valence electrons. The molecule has 2 heterocycles. The molecule has 0 N–H and O–H groups in total. The second-order valence-electron chi connectivity index (χ2n) is 5.84. The smallest absolute Gasteiger partial charge is 0.243 e. The summed E-state index contributed by atoms with van der Waals surface area (Å²) in [5, 5.41) is 0. The summed E-state index contributed by atoms with van der Waals surface area (Å²) in [5.41, 5.74) is 1.76.